The first-order valence-corrected chi connectivity index (χ1v) is 13.3. The van der Waals surface area contributed by atoms with Crippen molar-refractivity contribution in [3.63, 3.8) is 0 Å². The highest BCUT2D eigenvalue weighted by atomic mass is 16.5. The molecule has 2 aromatic carbocycles. The van der Waals surface area contributed by atoms with Crippen LogP contribution in [0.4, 0.5) is 5.69 Å². The summed E-state index contributed by atoms with van der Waals surface area (Å²) >= 11 is 0. The summed E-state index contributed by atoms with van der Waals surface area (Å²) in [4.78, 5) is 68.4. The van der Waals surface area contributed by atoms with E-state index in [2.05, 4.69) is 0 Å². The largest absolute Gasteiger partial charge is 0.493 e. The minimum atomic E-state index is -0.728. The number of carbonyl (C=O) groups excluding carboxylic acids is 5. The molecule has 0 N–H and O–H groups in total. The maximum Gasteiger partial charge on any atom is 0.338 e. The van der Waals surface area contributed by atoms with Crippen molar-refractivity contribution in [3.05, 3.63) is 77.7 Å². The summed E-state index contributed by atoms with van der Waals surface area (Å²) in [6.07, 6.45) is 1.46. The number of benzene rings is 2. The summed E-state index contributed by atoms with van der Waals surface area (Å²) in [6.45, 7) is 1.21. The van der Waals surface area contributed by atoms with Crippen molar-refractivity contribution in [1.29, 1.82) is 0 Å². The molecule has 1 aromatic heterocycles. The van der Waals surface area contributed by atoms with Gasteiger partial charge < -0.3 is 23.5 Å². The van der Waals surface area contributed by atoms with Crippen molar-refractivity contribution >= 4 is 35.2 Å². The first-order valence-electron chi connectivity index (χ1n) is 13.3. The van der Waals surface area contributed by atoms with Gasteiger partial charge in [-0.2, -0.15) is 0 Å². The monoisotopic (exact) mass is 575 g/mol. The minimum absolute atomic E-state index is 0.0208. The van der Waals surface area contributed by atoms with E-state index in [-0.39, 0.29) is 35.5 Å². The second-order valence-corrected chi connectivity index (χ2v) is 9.71. The van der Waals surface area contributed by atoms with Crippen LogP contribution in [0.3, 0.4) is 0 Å². The Balaban J connectivity index is 1.16. The normalized spacial score (nSPS) is 17.3. The van der Waals surface area contributed by atoms with E-state index in [4.69, 9.17) is 18.6 Å². The molecule has 12 heteroatoms. The maximum atomic E-state index is 13.3. The van der Waals surface area contributed by atoms with Crippen molar-refractivity contribution in [1.82, 2.24) is 9.80 Å². The van der Waals surface area contributed by atoms with Crippen LogP contribution in [0.5, 0.6) is 11.5 Å². The van der Waals surface area contributed by atoms with Gasteiger partial charge in [0.25, 0.3) is 11.8 Å². The summed E-state index contributed by atoms with van der Waals surface area (Å²) in [6, 6.07) is 13.1. The van der Waals surface area contributed by atoms with Crippen molar-refractivity contribution < 1.29 is 42.6 Å². The van der Waals surface area contributed by atoms with Crippen molar-refractivity contribution in [3.8, 4) is 11.5 Å². The van der Waals surface area contributed by atoms with Gasteiger partial charge in [-0.1, -0.05) is 0 Å². The SMILES string of the molecule is COc1ccc(C(=O)COC(=O)c2ccc(N3C(=O)CC(N4CCN(C(=O)c5ccco5)CC4)C3=O)cc2)cc1OC. The van der Waals surface area contributed by atoms with Crippen LogP contribution < -0.4 is 14.4 Å². The fourth-order valence-electron chi connectivity index (χ4n) is 5.02. The average molecular weight is 576 g/mol. The highest BCUT2D eigenvalue weighted by molar-refractivity contribution is 6.22. The van der Waals surface area contributed by atoms with Crippen LogP contribution in [0.2, 0.25) is 0 Å². The van der Waals surface area contributed by atoms with Crippen LogP contribution in [-0.4, -0.2) is 92.3 Å². The number of anilines is 1. The van der Waals surface area contributed by atoms with Crippen molar-refractivity contribution in [2.75, 3.05) is 51.9 Å². The van der Waals surface area contributed by atoms with E-state index < -0.39 is 24.4 Å². The molecule has 218 valence electrons. The second-order valence-electron chi connectivity index (χ2n) is 9.71. The molecule has 2 fully saturated rings. The Hall–Kier alpha value is -4.97. The quantitative estimate of drug-likeness (QED) is 0.213. The number of piperazine rings is 1. The number of methoxy groups -OCH3 is 2. The third kappa shape index (κ3) is 5.75. The van der Waals surface area contributed by atoms with Crippen LogP contribution in [0.25, 0.3) is 0 Å². The summed E-state index contributed by atoms with van der Waals surface area (Å²) < 4.78 is 20.7. The summed E-state index contributed by atoms with van der Waals surface area (Å²) in [7, 11) is 2.94. The highest BCUT2D eigenvalue weighted by Gasteiger charge is 2.43. The van der Waals surface area contributed by atoms with E-state index in [1.807, 2.05) is 4.90 Å². The lowest BCUT2D eigenvalue weighted by Crippen LogP contribution is -2.53. The third-order valence-corrected chi connectivity index (χ3v) is 7.30. The van der Waals surface area contributed by atoms with Crippen molar-refractivity contribution in [2.45, 2.75) is 12.5 Å². The molecule has 0 radical (unpaired) electrons. The smallest absolute Gasteiger partial charge is 0.338 e. The Bertz CT molecular complexity index is 1490. The van der Waals surface area contributed by atoms with Gasteiger partial charge in [0.2, 0.25) is 5.91 Å². The predicted octanol–water partition coefficient (Wildman–Crippen LogP) is 2.43. The van der Waals surface area contributed by atoms with Gasteiger partial charge in [0.05, 0.1) is 44.2 Å². The number of rotatable bonds is 9. The van der Waals surface area contributed by atoms with Gasteiger partial charge in [-0.05, 0) is 54.6 Å². The topological polar surface area (TPSA) is 136 Å². The molecule has 0 bridgehead atoms. The van der Waals surface area contributed by atoms with Crippen LogP contribution in [0.15, 0.2) is 65.3 Å². The summed E-state index contributed by atoms with van der Waals surface area (Å²) in [5, 5.41) is 0. The maximum absolute atomic E-state index is 13.3. The Morgan fingerprint density at radius 2 is 1.57 bits per heavy atom. The number of carbonyl (C=O) groups is 5. The molecule has 5 rings (SSSR count). The highest BCUT2D eigenvalue weighted by Crippen LogP contribution is 2.29. The van der Waals surface area contributed by atoms with Crippen LogP contribution in [-0.2, 0) is 14.3 Å². The molecule has 1 atom stereocenters. The molecule has 0 spiro atoms. The number of amides is 3. The Kier molecular flexibility index (Phi) is 8.34. The molecule has 1 unspecified atom stereocenters. The third-order valence-electron chi connectivity index (χ3n) is 7.30. The lowest BCUT2D eigenvalue weighted by Gasteiger charge is -2.36. The van der Waals surface area contributed by atoms with Crippen molar-refractivity contribution in [2.24, 2.45) is 0 Å². The van der Waals surface area contributed by atoms with E-state index in [0.717, 1.165) is 4.90 Å². The molecular formula is C30H29N3O9. The molecule has 3 aromatic rings. The first-order chi connectivity index (χ1) is 20.3. The number of imide groups is 1. The lowest BCUT2D eigenvalue weighted by molar-refractivity contribution is -0.123. The fraction of sp³-hybridized carbons (Fsp3) is 0.300. The van der Waals surface area contributed by atoms with E-state index >= 15 is 0 Å². The molecule has 2 aliphatic rings. The van der Waals surface area contributed by atoms with Crippen LogP contribution >= 0.6 is 0 Å². The molecule has 2 aliphatic heterocycles. The summed E-state index contributed by atoms with van der Waals surface area (Å²) in [5.74, 6) is -0.969. The number of ether oxygens (including phenoxy) is 3. The summed E-state index contributed by atoms with van der Waals surface area (Å²) in [5.41, 5.74) is 0.783. The zero-order valence-electron chi connectivity index (χ0n) is 23.1. The molecule has 0 aliphatic carbocycles. The van der Waals surface area contributed by atoms with Gasteiger partial charge in [0, 0.05) is 31.7 Å². The van der Waals surface area contributed by atoms with Gasteiger partial charge in [-0.15, -0.1) is 0 Å². The number of hydrogen-bond donors (Lipinski definition) is 0. The van der Waals surface area contributed by atoms with Gasteiger partial charge in [0.1, 0.15) is 0 Å². The zero-order chi connectivity index (χ0) is 29.8. The molecule has 42 heavy (non-hydrogen) atoms. The standard InChI is InChI=1S/C30H29N3O9/c1-39-24-10-7-20(16-26(24)40-2)23(34)18-42-30(38)19-5-8-21(9-6-19)33-27(35)17-22(28(33)36)31-11-13-32(14-12-31)29(37)25-4-3-15-41-25/h3-10,15-16,22H,11-14,17-18H2,1-2H3. The zero-order valence-corrected chi connectivity index (χ0v) is 23.1. The second kappa shape index (κ2) is 12.3. The first kappa shape index (κ1) is 28.6. The number of furan rings is 1. The predicted molar refractivity (Wildman–Crippen MR) is 148 cm³/mol. The van der Waals surface area contributed by atoms with Crippen LogP contribution in [0.1, 0.15) is 37.7 Å². The number of Topliss-reactive ketones (excluding diaryl/α,β-unsaturated/α-hetero) is 1. The molecular weight excluding hydrogens is 546 g/mol. The average Bonchev–Trinajstić information content (AvgIpc) is 3.67. The molecule has 2 saturated heterocycles. The van der Waals surface area contributed by atoms with E-state index in [0.29, 0.717) is 48.9 Å². The van der Waals surface area contributed by atoms with Gasteiger partial charge in [-0.25, -0.2) is 9.69 Å². The Labute approximate surface area is 241 Å². The van der Waals surface area contributed by atoms with E-state index in [1.165, 1.54) is 50.8 Å². The molecule has 0 saturated carbocycles. The van der Waals surface area contributed by atoms with Gasteiger partial charge in [-0.3, -0.25) is 24.1 Å². The molecule has 12 nitrogen and oxygen atoms in total. The fourth-order valence-corrected chi connectivity index (χ4v) is 5.02. The Morgan fingerprint density at radius 3 is 2.21 bits per heavy atom. The number of ketones is 1. The molecule has 3 heterocycles. The van der Waals surface area contributed by atoms with Gasteiger partial charge in [0.15, 0.2) is 29.6 Å². The Morgan fingerprint density at radius 1 is 0.881 bits per heavy atom. The number of esters is 1. The minimum Gasteiger partial charge on any atom is -0.493 e. The van der Waals surface area contributed by atoms with E-state index in [1.54, 1.807) is 29.2 Å². The molecule has 3 amide bonds. The lowest BCUT2D eigenvalue weighted by atomic mass is 10.1. The van der Waals surface area contributed by atoms with E-state index in [9.17, 15) is 24.0 Å². The van der Waals surface area contributed by atoms with Gasteiger partial charge >= 0.3 is 5.97 Å². The number of hydrogen-bond acceptors (Lipinski definition) is 10. The van der Waals surface area contributed by atoms with Crippen LogP contribution in [0, 0.1) is 0 Å². The number of nitrogens with zero attached hydrogens (tertiary/aromatic N) is 3.